The predicted octanol–water partition coefficient (Wildman–Crippen LogP) is 4.41. The number of benzene rings is 3. The third-order valence-electron chi connectivity index (χ3n) is 4.34. The Labute approximate surface area is 153 Å². The van der Waals surface area contributed by atoms with Gasteiger partial charge in [-0.3, -0.25) is 4.79 Å². The molecule has 0 aromatic heterocycles. The van der Waals surface area contributed by atoms with E-state index in [0.29, 0.717) is 0 Å². The summed E-state index contributed by atoms with van der Waals surface area (Å²) in [5.41, 5.74) is 7.66. The molecule has 3 aromatic carbocycles. The van der Waals surface area contributed by atoms with Gasteiger partial charge >= 0.3 is 0 Å². The van der Waals surface area contributed by atoms with Crippen LogP contribution in [0.3, 0.4) is 0 Å². The van der Waals surface area contributed by atoms with Crippen molar-refractivity contribution >= 4 is 28.1 Å². The van der Waals surface area contributed by atoms with Gasteiger partial charge in [0.05, 0.1) is 12.3 Å². The van der Waals surface area contributed by atoms with Crippen molar-refractivity contribution in [2.45, 2.75) is 20.8 Å². The zero-order valence-electron chi connectivity index (χ0n) is 15.3. The summed E-state index contributed by atoms with van der Waals surface area (Å²) in [6.07, 6.45) is 0. The molecule has 4 nitrogen and oxygen atoms in total. The second-order valence-electron chi connectivity index (χ2n) is 6.47. The molecule has 0 radical (unpaired) electrons. The van der Waals surface area contributed by atoms with Gasteiger partial charge in [-0.15, -0.1) is 0 Å². The fourth-order valence-electron chi connectivity index (χ4n) is 2.85. The number of anilines is 1. The van der Waals surface area contributed by atoms with Gasteiger partial charge in [0.2, 0.25) is 0 Å². The largest absolute Gasteiger partial charge is 0.376 e. The average Bonchev–Trinajstić information content (AvgIpc) is 2.65. The quantitative estimate of drug-likeness (QED) is 0.532. The van der Waals surface area contributed by atoms with Gasteiger partial charge in [-0.25, -0.2) is 5.43 Å². The first-order valence-electron chi connectivity index (χ1n) is 8.66. The fourth-order valence-corrected chi connectivity index (χ4v) is 2.85. The Balaban J connectivity index is 1.61. The summed E-state index contributed by atoms with van der Waals surface area (Å²) < 4.78 is 0. The van der Waals surface area contributed by atoms with E-state index >= 15 is 0 Å². The summed E-state index contributed by atoms with van der Waals surface area (Å²) in [5.74, 6) is -0.176. The van der Waals surface area contributed by atoms with Crippen molar-refractivity contribution < 1.29 is 4.79 Å². The molecular formula is C22H23N3O. The first-order valence-corrected chi connectivity index (χ1v) is 8.66. The van der Waals surface area contributed by atoms with Crippen LogP contribution in [0.25, 0.3) is 10.8 Å². The molecule has 1 amide bonds. The second-order valence-corrected chi connectivity index (χ2v) is 6.47. The molecule has 3 aromatic rings. The van der Waals surface area contributed by atoms with Crippen LogP contribution in [0, 0.1) is 13.8 Å². The van der Waals surface area contributed by atoms with Crippen molar-refractivity contribution in [2.24, 2.45) is 5.10 Å². The van der Waals surface area contributed by atoms with Crippen LogP contribution in [-0.4, -0.2) is 18.2 Å². The Kier molecular flexibility index (Phi) is 5.32. The molecular weight excluding hydrogens is 322 g/mol. The topological polar surface area (TPSA) is 53.5 Å². The number of carbonyl (C=O) groups is 1. The highest BCUT2D eigenvalue weighted by Crippen LogP contribution is 2.16. The molecule has 3 rings (SSSR count). The van der Waals surface area contributed by atoms with Crippen LogP contribution in [0.15, 0.2) is 65.8 Å². The normalized spacial score (nSPS) is 11.4. The van der Waals surface area contributed by atoms with Crippen LogP contribution in [0.1, 0.15) is 23.6 Å². The Bertz CT molecular complexity index is 976. The Morgan fingerprint density at radius 3 is 2.50 bits per heavy atom. The number of nitrogens with zero attached hydrogens (tertiary/aromatic N) is 1. The molecule has 4 heteroatoms. The van der Waals surface area contributed by atoms with E-state index in [0.717, 1.165) is 27.9 Å². The number of rotatable bonds is 5. The number of amides is 1. The molecule has 0 aliphatic carbocycles. The van der Waals surface area contributed by atoms with Crippen LogP contribution in [-0.2, 0) is 4.79 Å². The van der Waals surface area contributed by atoms with E-state index in [-0.39, 0.29) is 12.5 Å². The lowest BCUT2D eigenvalue weighted by Gasteiger charge is -2.09. The van der Waals surface area contributed by atoms with Crippen molar-refractivity contribution in [3.63, 3.8) is 0 Å². The van der Waals surface area contributed by atoms with Gasteiger partial charge in [0.25, 0.3) is 5.91 Å². The van der Waals surface area contributed by atoms with E-state index in [1.165, 1.54) is 10.9 Å². The van der Waals surface area contributed by atoms with E-state index in [1.807, 2.05) is 51.1 Å². The predicted molar refractivity (Wildman–Crippen MR) is 109 cm³/mol. The fraction of sp³-hybridized carbons (Fsp3) is 0.182. The van der Waals surface area contributed by atoms with Crippen LogP contribution < -0.4 is 10.7 Å². The van der Waals surface area contributed by atoms with Crippen molar-refractivity contribution in [3.05, 3.63) is 77.4 Å². The summed E-state index contributed by atoms with van der Waals surface area (Å²) >= 11 is 0. The Morgan fingerprint density at radius 2 is 1.73 bits per heavy atom. The third kappa shape index (κ3) is 4.28. The monoisotopic (exact) mass is 345 g/mol. The molecule has 0 atom stereocenters. The zero-order chi connectivity index (χ0) is 18.5. The highest BCUT2D eigenvalue weighted by molar-refractivity contribution is 6.02. The van der Waals surface area contributed by atoms with E-state index in [9.17, 15) is 4.79 Å². The van der Waals surface area contributed by atoms with Crippen LogP contribution in [0.5, 0.6) is 0 Å². The second kappa shape index (κ2) is 7.83. The van der Waals surface area contributed by atoms with Crippen LogP contribution in [0.2, 0.25) is 0 Å². The van der Waals surface area contributed by atoms with Crippen molar-refractivity contribution in [1.82, 2.24) is 5.43 Å². The highest BCUT2D eigenvalue weighted by Gasteiger charge is 2.04. The first kappa shape index (κ1) is 17.7. The smallest absolute Gasteiger partial charge is 0.259 e. The van der Waals surface area contributed by atoms with Crippen molar-refractivity contribution in [3.8, 4) is 0 Å². The van der Waals surface area contributed by atoms with Gasteiger partial charge in [-0.05, 0) is 54.8 Å². The summed E-state index contributed by atoms with van der Waals surface area (Å²) in [5, 5.41) is 9.71. The first-order chi connectivity index (χ1) is 12.5. The number of hydrogen-bond donors (Lipinski definition) is 2. The minimum atomic E-state index is -0.176. The lowest BCUT2D eigenvalue weighted by Crippen LogP contribution is -2.27. The Morgan fingerprint density at radius 1 is 0.962 bits per heavy atom. The van der Waals surface area contributed by atoms with Crippen LogP contribution in [0.4, 0.5) is 5.69 Å². The maximum atomic E-state index is 12.1. The molecule has 0 bridgehead atoms. The minimum Gasteiger partial charge on any atom is -0.376 e. The van der Waals surface area contributed by atoms with Gasteiger partial charge in [0, 0.05) is 5.69 Å². The van der Waals surface area contributed by atoms with Gasteiger partial charge < -0.3 is 5.32 Å². The van der Waals surface area contributed by atoms with Gasteiger partial charge in [-0.1, -0.05) is 54.1 Å². The van der Waals surface area contributed by atoms with Gasteiger partial charge in [0.15, 0.2) is 0 Å². The maximum Gasteiger partial charge on any atom is 0.259 e. The number of carbonyl (C=O) groups excluding carboxylic acids is 1. The zero-order valence-corrected chi connectivity index (χ0v) is 15.3. The molecule has 132 valence electrons. The average molecular weight is 345 g/mol. The van der Waals surface area contributed by atoms with Crippen LogP contribution >= 0.6 is 0 Å². The molecule has 0 saturated carbocycles. The lowest BCUT2D eigenvalue weighted by molar-refractivity contribution is -0.119. The summed E-state index contributed by atoms with van der Waals surface area (Å²) in [6.45, 7) is 6.14. The summed E-state index contributed by atoms with van der Waals surface area (Å²) in [4.78, 5) is 12.1. The molecule has 0 fully saturated rings. The summed E-state index contributed by atoms with van der Waals surface area (Å²) in [6, 6.07) is 20.4. The Hall–Kier alpha value is -3.14. The van der Waals surface area contributed by atoms with E-state index in [4.69, 9.17) is 0 Å². The molecule has 0 aliphatic rings. The number of nitrogens with one attached hydrogen (secondary N) is 2. The van der Waals surface area contributed by atoms with E-state index in [2.05, 4.69) is 46.2 Å². The molecule has 0 aliphatic heterocycles. The SMILES string of the molecule is C/C(=N\NC(=O)CNc1ccc(C)cc1C)c1ccc2ccccc2c1. The number of hydrazone groups is 1. The molecule has 26 heavy (non-hydrogen) atoms. The molecule has 0 spiro atoms. The molecule has 0 unspecified atom stereocenters. The lowest BCUT2D eigenvalue weighted by atomic mass is 10.0. The molecule has 0 heterocycles. The number of hydrogen-bond acceptors (Lipinski definition) is 3. The molecule has 0 saturated heterocycles. The van der Waals surface area contributed by atoms with Crippen molar-refractivity contribution in [1.29, 1.82) is 0 Å². The van der Waals surface area contributed by atoms with E-state index < -0.39 is 0 Å². The summed E-state index contributed by atoms with van der Waals surface area (Å²) in [7, 11) is 0. The number of aryl methyl sites for hydroxylation is 2. The van der Waals surface area contributed by atoms with Gasteiger partial charge in [-0.2, -0.15) is 5.10 Å². The maximum absolute atomic E-state index is 12.1. The standard InChI is InChI=1S/C22H23N3O/c1-15-8-11-21(16(2)12-15)23-14-22(26)25-24-17(3)19-10-9-18-6-4-5-7-20(18)13-19/h4-13,23H,14H2,1-3H3,(H,25,26)/b24-17+. The highest BCUT2D eigenvalue weighted by atomic mass is 16.2. The van der Waals surface area contributed by atoms with Crippen molar-refractivity contribution in [2.75, 3.05) is 11.9 Å². The van der Waals surface area contributed by atoms with E-state index in [1.54, 1.807) is 0 Å². The third-order valence-corrected chi connectivity index (χ3v) is 4.34. The number of fused-ring (bicyclic) bond motifs is 1. The minimum absolute atomic E-state index is 0.176. The molecule has 2 N–H and O–H groups in total. The van der Waals surface area contributed by atoms with Gasteiger partial charge in [0.1, 0.15) is 0 Å².